The van der Waals surface area contributed by atoms with E-state index in [1.54, 1.807) is 0 Å². The predicted octanol–water partition coefficient (Wildman–Crippen LogP) is 14.1. The monoisotopic (exact) mass is 1190 g/mol. The van der Waals surface area contributed by atoms with E-state index in [2.05, 4.69) is 192 Å². The first-order valence-corrected chi connectivity index (χ1v) is 31.9. The SMILES string of the molecule is CCCCCCOCC[n+]1ccccc1-c1c2nc(c(-c3cccc[n+]3CCOCCCCCC)c3ccc([n-]3)c(-c3cccc[n+]3CCOCCCCCC)c3nc(c(-c4cccc[n+]4CCOCCCCCC)c4ccc1[n-]4)C=C3)C=C2.[Mn+2]. The first kappa shape index (κ1) is 64.6. The molecule has 0 saturated heterocycles. The molecule has 9 heterocycles. The minimum atomic E-state index is 0. The average Bonchev–Trinajstić information content (AvgIpc) is 2.53. The fraction of sp³-hybridized carbons (Fsp3) is 0.444. The van der Waals surface area contributed by atoms with E-state index < -0.39 is 0 Å². The largest absolute Gasteiger partial charge is 2.00 e. The van der Waals surface area contributed by atoms with E-state index in [4.69, 9.17) is 38.9 Å². The summed E-state index contributed by atoms with van der Waals surface area (Å²) in [6, 6.07) is 34.3. The minimum Gasteiger partial charge on any atom is -0.656 e. The number of hydrogen-bond donors (Lipinski definition) is 0. The molecule has 0 saturated carbocycles. The zero-order chi connectivity index (χ0) is 58.0. The number of fused-ring (bicyclic) bond motifs is 8. The molecule has 0 aromatic carbocycles. The van der Waals surface area contributed by atoms with Gasteiger partial charge in [-0.1, -0.05) is 129 Å². The Morgan fingerprint density at radius 3 is 0.788 bits per heavy atom. The van der Waals surface area contributed by atoms with E-state index in [-0.39, 0.29) is 17.1 Å². The average molecular weight is 1190 g/mol. The summed E-state index contributed by atoms with van der Waals surface area (Å²) >= 11 is 0. The number of aromatic nitrogens is 8. The molecule has 0 aliphatic carbocycles. The molecule has 9 rings (SSSR count). The maximum atomic E-state index is 6.30. The Kier molecular flexibility index (Phi) is 26.8. The molecule has 7 aromatic heterocycles. The number of hydrogen-bond acceptors (Lipinski definition) is 6. The zero-order valence-electron chi connectivity index (χ0n) is 51.2. The van der Waals surface area contributed by atoms with Crippen molar-refractivity contribution in [3.05, 3.63) is 145 Å². The van der Waals surface area contributed by atoms with Gasteiger partial charge in [0.05, 0.1) is 45.0 Å². The molecular formula is C72H92MnN8O4+4. The van der Waals surface area contributed by atoms with E-state index in [1.807, 2.05) is 0 Å². The van der Waals surface area contributed by atoms with Crippen LogP contribution in [0.5, 0.6) is 0 Å². The predicted molar refractivity (Wildman–Crippen MR) is 339 cm³/mol. The third-order valence-electron chi connectivity index (χ3n) is 15.9. The van der Waals surface area contributed by atoms with Crippen molar-refractivity contribution in [3.63, 3.8) is 0 Å². The Bertz CT molecular complexity index is 2990. The quantitative estimate of drug-likeness (QED) is 0.0217. The van der Waals surface area contributed by atoms with Crippen LogP contribution in [0.4, 0.5) is 0 Å². The van der Waals surface area contributed by atoms with E-state index >= 15 is 0 Å². The van der Waals surface area contributed by atoms with Crippen LogP contribution in [0.2, 0.25) is 0 Å². The Hall–Kier alpha value is -6.44. The number of rotatable bonds is 36. The molecule has 85 heavy (non-hydrogen) atoms. The van der Waals surface area contributed by atoms with Gasteiger partial charge in [0.1, 0.15) is 26.4 Å². The van der Waals surface area contributed by atoms with Crippen LogP contribution in [0.1, 0.15) is 153 Å². The Labute approximate surface area is 516 Å². The van der Waals surface area contributed by atoms with Crippen molar-refractivity contribution in [1.82, 2.24) is 19.9 Å². The number of nitrogens with zero attached hydrogens (tertiary/aromatic N) is 8. The van der Waals surface area contributed by atoms with Crippen LogP contribution >= 0.6 is 0 Å². The van der Waals surface area contributed by atoms with Gasteiger partial charge in [-0.2, -0.15) is 18.3 Å². The second kappa shape index (κ2) is 35.3. The van der Waals surface area contributed by atoms with E-state index in [0.29, 0.717) is 52.6 Å². The molecule has 2 aliphatic heterocycles. The maximum Gasteiger partial charge on any atom is 2.00 e. The molecule has 447 valence electrons. The molecule has 0 fully saturated rings. The molecule has 12 nitrogen and oxygen atoms in total. The molecule has 13 heteroatoms. The van der Waals surface area contributed by atoms with Gasteiger partial charge < -0.3 is 28.9 Å². The summed E-state index contributed by atoms with van der Waals surface area (Å²) in [7, 11) is 0. The molecule has 0 unspecified atom stereocenters. The Morgan fingerprint density at radius 1 is 0.306 bits per heavy atom. The van der Waals surface area contributed by atoms with Crippen LogP contribution in [0.15, 0.2) is 122 Å². The number of pyridine rings is 4. The van der Waals surface area contributed by atoms with E-state index in [9.17, 15) is 0 Å². The summed E-state index contributed by atoms with van der Waals surface area (Å²) < 4.78 is 34.4. The standard InChI is InChI=1S/C72H92N8O4.Mn/c1-5-9-13-25-49-81-53-45-77-41-21-17-29-65(77)69-57-33-35-59(73-57)70(66-30-18-22-42-78(66)46-54-82-50-26-14-10-6-2)61-37-39-63(75-61)72(68-32-20-24-44-80(68)48-56-84-52-28-16-12-8-4)64-40-38-62(76-64)71(60-36-34-58(69)74-60)67-31-19-23-43-79(67)47-55-83-51-27-15-11-7-3;/h17-24,29-44H,5-16,25-28,45-56H2,1-4H3;/q2*+2. The van der Waals surface area contributed by atoms with Crippen molar-refractivity contribution in [2.24, 2.45) is 0 Å². The summed E-state index contributed by atoms with van der Waals surface area (Å²) in [5, 5.41) is 0. The summed E-state index contributed by atoms with van der Waals surface area (Å²) in [6.07, 6.45) is 36.0. The zero-order valence-corrected chi connectivity index (χ0v) is 52.4. The van der Waals surface area contributed by atoms with Crippen LogP contribution in [-0.4, -0.2) is 62.8 Å². The first-order chi connectivity index (χ1) is 41.6. The van der Waals surface area contributed by atoms with Crippen molar-refractivity contribution < 1.29 is 54.3 Å². The summed E-state index contributed by atoms with van der Waals surface area (Å²) in [4.78, 5) is 22.8. The van der Waals surface area contributed by atoms with Gasteiger partial charge in [-0.05, 0) is 74.3 Å². The van der Waals surface area contributed by atoms with Gasteiger partial charge in [0.15, 0.2) is 51.0 Å². The van der Waals surface area contributed by atoms with Gasteiger partial charge in [0.25, 0.3) is 0 Å². The number of unbranched alkanes of at least 4 members (excludes halogenated alkanes) is 12. The second-order valence-electron chi connectivity index (χ2n) is 22.2. The van der Waals surface area contributed by atoms with E-state index in [1.165, 1.54) is 77.0 Å². The molecule has 0 atom stereocenters. The second-order valence-corrected chi connectivity index (χ2v) is 22.2. The molecule has 0 amide bonds. The summed E-state index contributed by atoms with van der Waals surface area (Å²) in [5.74, 6) is 0. The Morgan fingerprint density at radius 2 is 0.553 bits per heavy atom. The van der Waals surface area contributed by atoms with Gasteiger partial charge in [0.2, 0.25) is 22.8 Å². The van der Waals surface area contributed by atoms with Gasteiger partial charge in [-0.25, -0.2) is 9.97 Å². The molecular weight excluding hydrogens is 1100 g/mol. The van der Waals surface area contributed by atoms with E-state index in [0.717, 1.165) is 142 Å². The minimum absolute atomic E-state index is 0. The van der Waals surface area contributed by atoms with Crippen molar-refractivity contribution in [2.75, 3.05) is 52.9 Å². The summed E-state index contributed by atoms with van der Waals surface area (Å²) in [5.41, 5.74) is 14.2. The molecule has 8 bridgehead atoms. The molecule has 7 aromatic rings. The normalized spacial score (nSPS) is 11.9. The molecule has 0 N–H and O–H groups in total. The molecule has 2 aliphatic rings. The third-order valence-corrected chi connectivity index (χ3v) is 15.9. The van der Waals surface area contributed by atoms with Crippen LogP contribution < -0.4 is 28.2 Å². The van der Waals surface area contributed by atoms with Crippen molar-refractivity contribution >= 4 is 46.4 Å². The van der Waals surface area contributed by atoms with Crippen LogP contribution in [0.25, 0.3) is 91.4 Å². The van der Waals surface area contributed by atoms with Crippen molar-refractivity contribution in [1.29, 1.82) is 0 Å². The molecule has 0 spiro atoms. The van der Waals surface area contributed by atoms with Crippen molar-refractivity contribution in [2.45, 2.75) is 157 Å². The Balaban J connectivity index is 0.00000940. The van der Waals surface area contributed by atoms with Crippen LogP contribution in [0.3, 0.4) is 0 Å². The van der Waals surface area contributed by atoms with Crippen LogP contribution in [0, 0.1) is 0 Å². The first-order valence-electron chi connectivity index (χ1n) is 31.9. The van der Waals surface area contributed by atoms with Crippen molar-refractivity contribution in [3.8, 4) is 45.0 Å². The number of ether oxygens (including phenoxy) is 4. The maximum absolute atomic E-state index is 6.30. The molecule has 1 radical (unpaired) electrons. The fourth-order valence-electron chi connectivity index (χ4n) is 11.3. The topological polar surface area (TPSA) is 106 Å². The van der Waals surface area contributed by atoms with Gasteiger partial charge in [0, 0.05) is 75.0 Å². The van der Waals surface area contributed by atoms with Gasteiger partial charge in [-0.3, -0.25) is 0 Å². The fourth-order valence-corrected chi connectivity index (χ4v) is 11.3. The smallest absolute Gasteiger partial charge is 0.656 e. The van der Waals surface area contributed by atoms with Gasteiger partial charge >= 0.3 is 17.1 Å². The van der Waals surface area contributed by atoms with Crippen LogP contribution in [-0.2, 0) is 62.2 Å². The van der Waals surface area contributed by atoms with Gasteiger partial charge in [-0.15, -0.1) is 22.1 Å². The third kappa shape index (κ3) is 17.8. The summed E-state index contributed by atoms with van der Waals surface area (Å²) in [6.45, 7) is 17.0.